The summed E-state index contributed by atoms with van der Waals surface area (Å²) >= 11 is 0. The van der Waals surface area contributed by atoms with Crippen molar-refractivity contribution in [3.05, 3.63) is 36.7 Å². The van der Waals surface area contributed by atoms with Crippen molar-refractivity contribution in [1.82, 2.24) is 9.78 Å². The monoisotopic (exact) mass is 273 g/mol. The Morgan fingerprint density at radius 2 is 2.25 bits per heavy atom. The summed E-state index contributed by atoms with van der Waals surface area (Å²) < 4.78 is 12.3. The number of amides is 1. The molecule has 0 saturated heterocycles. The molecule has 0 unspecified atom stereocenters. The van der Waals surface area contributed by atoms with Gasteiger partial charge in [0.1, 0.15) is 0 Å². The summed E-state index contributed by atoms with van der Waals surface area (Å²) in [6.07, 6.45) is 3.94. The number of fused-ring (bicyclic) bond motifs is 1. The van der Waals surface area contributed by atoms with Gasteiger partial charge in [-0.15, -0.1) is 0 Å². The fraction of sp³-hybridized carbons (Fsp3) is 0.286. The Hall–Kier alpha value is -2.50. The maximum Gasteiger partial charge on any atom is 0.231 e. The smallest absolute Gasteiger partial charge is 0.231 e. The highest BCUT2D eigenvalue weighted by Gasteiger charge is 2.17. The third kappa shape index (κ3) is 2.45. The molecule has 0 bridgehead atoms. The molecule has 0 saturated carbocycles. The molecule has 0 aliphatic carbocycles. The zero-order chi connectivity index (χ0) is 13.9. The van der Waals surface area contributed by atoms with Crippen molar-refractivity contribution in [2.24, 2.45) is 0 Å². The van der Waals surface area contributed by atoms with Gasteiger partial charge in [-0.3, -0.25) is 9.48 Å². The SMILES string of the molecule is CN(C(=O)CCn1cccn1)c1ccc2c(c1)OCO2. The molecule has 1 aliphatic rings. The van der Waals surface area contributed by atoms with Crippen molar-refractivity contribution < 1.29 is 14.3 Å². The summed E-state index contributed by atoms with van der Waals surface area (Å²) in [5, 5.41) is 4.08. The third-order valence-corrected chi connectivity index (χ3v) is 3.23. The molecule has 3 rings (SSSR count). The first-order chi connectivity index (χ1) is 9.74. The van der Waals surface area contributed by atoms with E-state index in [9.17, 15) is 4.79 Å². The van der Waals surface area contributed by atoms with Crippen LogP contribution in [0.3, 0.4) is 0 Å². The van der Waals surface area contributed by atoms with Crippen LogP contribution in [0.25, 0.3) is 0 Å². The quantitative estimate of drug-likeness (QED) is 0.850. The van der Waals surface area contributed by atoms with Crippen molar-refractivity contribution in [3.63, 3.8) is 0 Å². The molecular weight excluding hydrogens is 258 g/mol. The maximum atomic E-state index is 12.2. The number of ether oxygens (including phenoxy) is 2. The van der Waals surface area contributed by atoms with Crippen LogP contribution < -0.4 is 14.4 Å². The van der Waals surface area contributed by atoms with E-state index in [2.05, 4.69) is 5.10 Å². The molecule has 0 spiro atoms. The van der Waals surface area contributed by atoms with Gasteiger partial charge >= 0.3 is 0 Å². The molecule has 0 fully saturated rings. The van der Waals surface area contributed by atoms with E-state index in [-0.39, 0.29) is 12.7 Å². The molecule has 104 valence electrons. The van der Waals surface area contributed by atoms with E-state index in [4.69, 9.17) is 9.47 Å². The van der Waals surface area contributed by atoms with Crippen molar-refractivity contribution in [1.29, 1.82) is 0 Å². The van der Waals surface area contributed by atoms with Crippen molar-refractivity contribution in [2.45, 2.75) is 13.0 Å². The van der Waals surface area contributed by atoms with Crippen LogP contribution in [0, 0.1) is 0 Å². The second kappa shape index (κ2) is 5.24. The molecule has 1 amide bonds. The molecule has 6 nitrogen and oxygen atoms in total. The van der Waals surface area contributed by atoms with Gasteiger partial charge in [0.15, 0.2) is 11.5 Å². The number of hydrogen-bond donors (Lipinski definition) is 0. The predicted molar refractivity (Wildman–Crippen MR) is 72.8 cm³/mol. The number of benzene rings is 1. The van der Waals surface area contributed by atoms with Crippen LogP contribution in [0.4, 0.5) is 5.69 Å². The highest BCUT2D eigenvalue weighted by molar-refractivity contribution is 5.93. The highest BCUT2D eigenvalue weighted by Crippen LogP contribution is 2.35. The summed E-state index contributed by atoms with van der Waals surface area (Å²) in [6.45, 7) is 0.802. The number of anilines is 1. The molecule has 2 aromatic rings. The Bertz CT molecular complexity index is 610. The summed E-state index contributed by atoms with van der Waals surface area (Å²) in [4.78, 5) is 13.8. The Balaban J connectivity index is 1.65. The predicted octanol–water partition coefficient (Wildman–Crippen LogP) is 1.66. The second-order valence-corrected chi connectivity index (χ2v) is 4.51. The normalized spacial score (nSPS) is 12.4. The number of nitrogens with zero attached hydrogens (tertiary/aromatic N) is 3. The molecule has 2 heterocycles. The number of aromatic nitrogens is 2. The number of aryl methyl sites for hydroxylation is 1. The largest absolute Gasteiger partial charge is 0.454 e. The molecule has 0 N–H and O–H groups in total. The van der Waals surface area contributed by atoms with E-state index in [1.165, 1.54) is 0 Å². The van der Waals surface area contributed by atoms with E-state index in [1.807, 2.05) is 30.5 Å². The number of carbonyl (C=O) groups excluding carboxylic acids is 1. The first-order valence-electron chi connectivity index (χ1n) is 6.38. The third-order valence-electron chi connectivity index (χ3n) is 3.23. The van der Waals surface area contributed by atoms with Crippen molar-refractivity contribution >= 4 is 11.6 Å². The molecule has 0 atom stereocenters. The lowest BCUT2D eigenvalue weighted by molar-refractivity contribution is -0.118. The van der Waals surface area contributed by atoms with Crippen LogP contribution in [0.2, 0.25) is 0 Å². The average molecular weight is 273 g/mol. The lowest BCUT2D eigenvalue weighted by atomic mass is 10.2. The Kier molecular flexibility index (Phi) is 3.28. The lowest BCUT2D eigenvalue weighted by Crippen LogP contribution is -2.27. The van der Waals surface area contributed by atoms with Crippen LogP contribution >= 0.6 is 0 Å². The summed E-state index contributed by atoms with van der Waals surface area (Å²) in [5.74, 6) is 1.42. The Labute approximate surface area is 116 Å². The van der Waals surface area contributed by atoms with E-state index in [1.54, 1.807) is 22.8 Å². The zero-order valence-electron chi connectivity index (χ0n) is 11.2. The minimum atomic E-state index is 0.0272. The topological polar surface area (TPSA) is 56.6 Å². The fourth-order valence-electron chi connectivity index (χ4n) is 2.05. The van der Waals surface area contributed by atoms with Gasteiger partial charge in [-0.05, 0) is 18.2 Å². The molecular formula is C14H15N3O3. The lowest BCUT2D eigenvalue weighted by Gasteiger charge is -2.17. The minimum absolute atomic E-state index is 0.0272. The molecule has 1 aromatic carbocycles. The van der Waals surface area contributed by atoms with Gasteiger partial charge in [0.05, 0.1) is 0 Å². The van der Waals surface area contributed by atoms with Crippen molar-refractivity contribution in [3.8, 4) is 11.5 Å². The van der Waals surface area contributed by atoms with Gasteiger partial charge in [-0.2, -0.15) is 5.10 Å². The highest BCUT2D eigenvalue weighted by atomic mass is 16.7. The van der Waals surface area contributed by atoms with E-state index in [0.717, 1.165) is 5.69 Å². The summed E-state index contributed by atoms with van der Waals surface area (Å²) in [6, 6.07) is 7.31. The van der Waals surface area contributed by atoms with E-state index >= 15 is 0 Å². The number of hydrogen-bond acceptors (Lipinski definition) is 4. The zero-order valence-corrected chi connectivity index (χ0v) is 11.2. The van der Waals surface area contributed by atoms with Gasteiger partial charge < -0.3 is 14.4 Å². The van der Waals surface area contributed by atoms with Crippen LogP contribution in [0.1, 0.15) is 6.42 Å². The summed E-state index contributed by atoms with van der Waals surface area (Å²) in [7, 11) is 1.75. The van der Waals surface area contributed by atoms with Crippen LogP contribution in [-0.4, -0.2) is 29.5 Å². The standard InChI is InChI=1S/C14H15N3O3/c1-16(14(18)5-8-17-7-2-6-15-17)11-3-4-12-13(9-11)20-10-19-12/h2-4,6-7,9H,5,8,10H2,1H3. The Morgan fingerprint density at radius 3 is 3.05 bits per heavy atom. The number of rotatable bonds is 4. The molecule has 20 heavy (non-hydrogen) atoms. The second-order valence-electron chi connectivity index (χ2n) is 4.51. The first-order valence-corrected chi connectivity index (χ1v) is 6.38. The Morgan fingerprint density at radius 1 is 1.40 bits per heavy atom. The molecule has 1 aromatic heterocycles. The van der Waals surface area contributed by atoms with Gasteiger partial charge in [-0.25, -0.2) is 0 Å². The molecule has 6 heteroatoms. The first kappa shape index (κ1) is 12.5. The average Bonchev–Trinajstić information content (AvgIpc) is 3.13. The molecule has 0 radical (unpaired) electrons. The fourth-order valence-corrected chi connectivity index (χ4v) is 2.05. The van der Waals surface area contributed by atoms with Crippen LogP contribution in [0.5, 0.6) is 11.5 Å². The van der Waals surface area contributed by atoms with Gasteiger partial charge in [-0.1, -0.05) is 0 Å². The van der Waals surface area contributed by atoms with Gasteiger partial charge in [0.2, 0.25) is 12.7 Å². The molecule has 1 aliphatic heterocycles. The van der Waals surface area contributed by atoms with E-state index in [0.29, 0.717) is 24.5 Å². The van der Waals surface area contributed by atoms with E-state index < -0.39 is 0 Å². The van der Waals surface area contributed by atoms with Gasteiger partial charge in [0.25, 0.3) is 0 Å². The summed E-state index contributed by atoms with van der Waals surface area (Å²) in [5.41, 5.74) is 0.791. The maximum absolute atomic E-state index is 12.2. The van der Waals surface area contributed by atoms with Crippen molar-refractivity contribution in [2.75, 3.05) is 18.7 Å². The van der Waals surface area contributed by atoms with Crippen LogP contribution in [0.15, 0.2) is 36.7 Å². The van der Waals surface area contributed by atoms with Crippen LogP contribution in [-0.2, 0) is 11.3 Å². The van der Waals surface area contributed by atoms with Gasteiger partial charge in [0, 0.05) is 44.2 Å². The number of carbonyl (C=O) groups is 1. The minimum Gasteiger partial charge on any atom is -0.454 e.